The summed E-state index contributed by atoms with van der Waals surface area (Å²) >= 11 is 3.41. The molecule has 1 aromatic heterocycles. The van der Waals surface area contributed by atoms with E-state index in [1.165, 1.54) is 6.33 Å². The van der Waals surface area contributed by atoms with Crippen LogP contribution in [-0.2, 0) is 4.79 Å². The van der Waals surface area contributed by atoms with Crippen molar-refractivity contribution in [3.63, 3.8) is 0 Å². The van der Waals surface area contributed by atoms with Crippen LogP contribution in [-0.4, -0.2) is 20.7 Å². The van der Waals surface area contributed by atoms with Gasteiger partial charge < -0.3 is 5.32 Å². The van der Waals surface area contributed by atoms with E-state index in [-0.39, 0.29) is 5.91 Å². The number of hydrogen-bond acceptors (Lipinski definition) is 3. The Bertz CT molecular complexity index is 554. The van der Waals surface area contributed by atoms with Crippen molar-refractivity contribution in [2.24, 2.45) is 0 Å². The lowest BCUT2D eigenvalue weighted by Crippen LogP contribution is -2.13. The fraction of sp³-hybridized carbons (Fsp3) is 0.308. The molecule has 0 saturated carbocycles. The van der Waals surface area contributed by atoms with E-state index in [4.69, 9.17) is 0 Å². The highest BCUT2D eigenvalue weighted by Crippen LogP contribution is 2.24. The Morgan fingerprint density at radius 3 is 3.00 bits per heavy atom. The van der Waals surface area contributed by atoms with Gasteiger partial charge in [0.2, 0.25) is 5.91 Å². The van der Waals surface area contributed by atoms with Crippen LogP contribution in [0.5, 0.6) is 0 Å². The number of nitrogens with one attached hydrogen (secondary N) is 1. The van der Waals surface area contributed by atoms with Crippen LogP contribution >= 0.6 is 15.9 Å². The Hall–Kier alpha value is -1.69. The molecule has 2 aromatic rings. The number of aromatic nitrogens is 3. The molecule has 0 saturated heterocycles. The number of nitrogens with zero attached hydrogens (tertiary/aromatic N) is 3. The van der Waals surface area contributed by atoms with E-state index in [2.05, 4.69) is 38.3 Å². The van der Waals surface area contributed by atoms with E-state index in [0.717, 1.165) is 28.7 Å². The third-order valence-electron chi connectivity index (χ3n) is 2.66. The number of carbonyl (C=O) groups is 1. The quantitative estimate of drug-likeness (QED) is 0.919. The maximum absolute atomic E-state index is 11.8. The van der Waals surface area contributed by atoms with Gasteiger partial charge in [-0.1, -0.05) is 29.3 Å². The molecule has 0 fully saturated rings. The molecular formula is C13H15BrN4O. The lowest BCUT2D eigenvalue weighted by atomic mass is 10.2. The summed E-state index contributed by atoms with van der Waals surface area (Å²) in [5.74, 6) is 0.0151. The molecule has 100 valence electrons. The molecule has 5 nitrogen and oxygen atoms in total. The summed E-state index contributed by atoms with van der Waals surface area (Å²) in [7, 11) is 0. The average molecular weight is 323 g/mol. The third-order valence-corrected chi connectivity index (χ3v) is 3.15. The summed E-state index contributed by atoms with van der Waals surface area (Å²) in [6, 6.07) is 5.65. The monoisotopic (exact) mass is 322 g/mol. The number of rotatable bonds is 5. The standard InChI is InChI=1S/C13H15BrN4O/c1-2-3-4-13(19)17-11-7-10(14)5-6-12(11)18-9-15-8-16-18/h5-9H,2-4H2,1H3,(H,17,19). The Morgan fingerprint density at radius 2 is 2.32 bits per heavy atom. The second-order valence-electron chi connectivity index (χ2n) is 4.15. The highest BCUT2D eigenvalue weighted by atomic mass is 79.9. The Morgan fingerprint density at radius 1 is 1.47 bits per heavy atom. The lowest BCUT2D eigenvalue weighted by Gasteiger charge is -2.11. The van der Waals surface area contributed by atoms with Crippen molar-refractivity contribution in [2.75, 3.05) is 5.32 Å². The topological polar surface area (TPSA) is 59.8 Å². The van der Waals surface area contributed by atoms with Crippen LogP contribution in [0.3, 0.4) is 0 Å². The summed E-state index contributed by atoms with van der Waals surface area (Å²) in [5.41, 5.74) is 1.52. The van der Waals surface area contributed by atoms with Gasteiger partial charge in [-0.25, -0.2) is 9.67 Å². The van der Waals surface area contributed by atoms with Gasteiger partial charge in [0.1, 0.15) is 12.7 Å². The molecule has 0 spiro atoms. The number of unbranched alkanes of at least 4 members (excludes halogenated alkanes) is 1. The largest absolute Gasteiger partial charge is 0.324 e. The second kappa shape index (κ2) is 6.47. The highest BCUT2D eigenvalue weighted by molar-refractivity contribution is 9.10. The first kappa shape index (κ1) is 13.7. The van der Waals surface area contributed by atoms with Crippen LogP contribution in [0, 0.1) is 0 Å². The molecule has 1 aromatic carbocycles. The normalized spacial score (nSPS) is 10.4. The van der Waals surface area contributed by atoms with Gasteiger partial charge in [-0.15, -0.1) is 0 Å². The Kier molecular flexibility index (Phi) is 4.68. The molecule has 0 radical (unpaired) electrons. The van der Waals surface area contributed by atoms with Crippen molar-refractivity contribution >= 4 is 27.5 Å². The van der Waals surface area contributed by atoms with Crippen molar-refractivity contribution in [1.29, 1.82) is 0 Å². The summed E-state index contributed by atoms with van der Waals surface area (Å²) in [5, 5.41) is 7.00. The smallest absolute Gasteiger partial charge is 0.224 e. The molecule has 19 heavy (non-hydrogen) atoms. The highest BCUT2D eigenvalue weighted by Gasteiger charge is 2.09. The molecule has 0 aliphatic heterocycles. The minimum absolute atomic E-state index is 0.0151. The molecule has 0 aliphatic carbocycles. The third kappa shape index (κ3) is 3.64. The van der Waals surface area contributed by atoms with E-state index < -0.39 is 0 Å². The first-order valence-corrected chi connectivity index (χ1v) is 6.94. The fourth-order valence-corrected chi connectivity index (χ4v) is 2.05. The number of carbonyl (C=O) groups excluding carboxylic acids is 1. The van der Waals surface area contributed by atoms with Gasteiger partial charge in [0.25, 0.3) is 0 Å². The van der Waals surface area contributed by atoms with E-state index in [9.17, 15) is 4.79 Å². The fourth-order valence-electron chi connectivity index (χ4n) is 1.69. The van der Waals surface area contributed by atoms with E-state index in [0.29, 0.717) is 6.42 Å². The van der Waals surface area contributed by atoms with Gasteiger partial charge in [-0.3, -0.25) is 4.79 Å². The maximum Gasteiger partial charge on any atom is 0.224 e. The first-order valence-electron chi connectivity index (χ1n) is 6.15. The SMILES string of the molecule is CCCCC(=O)Nc1cc(Br)ccc1-n1cncn1. The predicted molar refractivity (Wildman–Crippen MR) is 77.2 cm³/mol. The molecule has 1 N–H and O–H groups in total. The summed E-state index contributed by atoms with van der Waals surface area (Å²) in [4.78, 5) is 15.8. The van der Waals surface area contributed by atoms with E-state index in [1.807, 2.05) is 18.2 Å². The number of anilines is 1. The maximum atomic E-state index is 11.8. The molecule has 1 heterocycles. The van der Waals surface area contributed by atoms with Crippen LogP contribution in [0.2, 0.25) is 0 Å². The first-order chi connectivity index (χ1) is 9.20. The zero-order chi connectivity index (χ0) is 13.7. The van der Waals surface area contributed by atoms with Crippen molar-refractivity contribution < 1.29 is 4.79 Å². The van der Waals surface area contributed by atoms with Crippen LogP contribution in [0.25, 0.3) is 5.69 Å². The zero-order valence-corrected chi connectivity index (χ0v) is 12.2. The second-order valence-corrected chi connectivity index (χ2v) is 5.07. The lowest BCUT2D eigenvalue weighted by molar-refractivity contribution is -0.116. The molecule has 0 bridgehead atoms. The van der Waals surface area contributed by atoms with Gasteiger partial charge in [0.15, 0.2) is 0 Å². The molecule has 0 aliphatic rings. The van der Waals surface area contributed by atoms with E-state index >= 15 is 0 Å². The molecule has 1 amide bonds. The van der Waals surface area contributed by atoms with Crippen LogP contribution in [0.4, 0.5) is 5.69 Å². The predicted octanol–water partition coefficient (Wildman–Crippen LogP) is 3.16. The Labute approximate surface area is 120 Å². The van der Waals surface area contributed by atoms with Crippen molar-refractivity contribution in [1.82, 2.24) is 14.8 Å². The van der Waals surface area contributed by atoms with Crippen molar-refractivity contribution in [3.05, 3.63) is 35.3 Å². The van der Waals surface area contributed by atoms with Gasteiger partial charge >= 0.3 is 0 Å². The molecule has 0 unspecified atom stereocenters. The average Bonchev–Trinajstić information content (AvgIpc) is 2.90. The summed E-state index contributed by atoms with van der Waals surface area (Å²) in [6.07, 6.45) is 5.48. The van der Waals surface area contributed by atoms with Gasteiger partial charge in [-0.05, 0) is 24.6 Å². The molecular weight excluding hydrogens is 308 g/mol. The molecule has 2 rings (SSSR count). The summed E-state index contributed by atoms with van der Waals surface area (Å²) in [6.45, 7) is 2.06. The van der Waals surface area contributed by atoms with E-state index in [1.54, 1.807) is 11.0 Å². The van der Waals surface area contributed by atoms with Gasteiger partial charge in [-0.2, -0.15) is 5.10 Å². The number of amides is 1. The minimum atomic E-state index is 0.0151. The van der Waals surface area contributed by atoms with Crippen LogP contribution < -0.4 is 5.32 Å². The zero-order valence-electron chi connectivity index (χ0n) is 10.6. The van der Waals surface area contributed by atoms with Crippen molar-refractivity contribution in [3.8, 4) is 5.69 Å². The summed E-state index contributed by atoms with van der Waals surface area (Å²) < 4.78 is 2.53. The minimum Gasteiger partial charge on any atom is -0.324 e. The van der Waals surface area contributed by atoms with Crippen LogP contribution in [0.1, 0.15) is 26.2 Å². The molecule has 6 heteroatoms. The number of benzene rings is 1. The number of hydrogen-bond donors (Lipinski definition) is 1. The number of halogens is 1. The van der Waals surface area contributed by atoms with Crippen molar-refractivity contribution in [2.45, 2.75) is 26.2 Å². The molecule has 0 atom stereocenters. The van der Waals surface area contributed by atoms with Crippen LogP contribution in [0.15, 0.2) is 35.3 Å². The Balaban J connectivity index is 2.23. The van der Waals surface area contributed by atoms with Gasteiger partial charge in [0.05, 0.1) is 11.4 Å². The van der Waals surface area contributed by atoms with Gasteiger partial charge in [0, 0.05) is 10.9 Å².